The first kappa shape index (κ1) is 20.7. The van der Waals surface area contributed by atoms with E-state index in [2.05, 4.69) is 15.3 Å². The Balaban J connectivity index is 1.51. The molecule has 0 unspecified atom stereocenters. The molecule has 2 aromatic heterocycles. The van der Waals surface area contributed by atoms with E-state index in [1.807, 2.05) is 6.92 Å². The summed E-state index contributed by atoms with van der Waals surface area (Å²) in [4.78, 5) is 19.6. The monoisotopic (exact) mass is 431 g/mol. The number of fused-ring (bicyclic) bond motifs is 1. The molecule has 0 bridgehead atoms. The number of piperidine rings is 1. The Bertz CT molecular complexity index is 1020. The standard InChI is InChI=1S/C21H26FN5O2S/c1-14-18-19(27(25-14)17-8-6-16(22)7-9-17)24-21(30-18)26-11-3-5-15(13-26)20(28)23-10-4-12-29-2/h6-9,15H,3-5,10-13H2,1-2H3,(H,23,28)/t15-/m1/s1. The van der Waals surface area contributed by atoms with E-state index in [-0.39, 0.29) is 17.6 Å². The highest BCUT2D eigenvalue weighted by molar-refractivity contribution is 7.22. The Hall–Kier alpha value is -2.52. The van der Waals surface area contributed by atoms with Crippen LogP contribution in [0.4, 0.5) is 9.52 Å². The number of nitrogens with zero attached hydrogens (tertiary/aromatic N) is 4. The van der Waals surface area contributed by atoms with Gasteiger partial charge in [0.05, 0.1) is 22.0 Å². The molecule has 0 radical (unpaired) electrons. The number of ether oxygens (including phenoxy) is 1. The van der Waals surface area contributed by atoms with E-state index in [1.165, 1.54) is 12.1 Å². The molecule has 1 saturated heterocycles. The summed E-state index contributed by atoms with van der Waals surface area (Å²) in [6, 6.07) is 6.24. The largest absolute Gasteiger partial charge is 0.385 e. The summed E-state index contributed by atoms with van der Waals surface area (Å²) < 4.78 is 21.1. The number of halogens is 1. The predicted octanol–water partition coefficient (Wildman–Crippen LogP) is 3.30. The number of anilines is 1. The molecule has 4 rings (SSSR count). The first-order valence-electron chi connectivity index (χ1n) is 10.2. The van der Waals surface area contributed by atoms with Gasteiger partial charge in [-0.25, -0.2) is 9.07 Å². The molecule has 9 heteroatoms. The van der Waals surface area contributed by atoms with E-state index in [4.69, 9.17) is 9.72 Å². The Morgan fingerprint density at radius 3 is 2.93 bits per heavy atom. The average molecular weight is 432 g/mol. The van der Waals surface area contributed by atoms with Gasteiger partial charge in [0.25, 0.3) is 0 Å². The average Bonchev–Trinajstić information content (AvgIpc) is 3.33. The number of aryl methyl sites for hydroxylation is 1. The summed E-state index contributed by atoms with van der Waals surface area (Å²) in [5.74, 6) is -0.216. The fourth-order valence-electron chi connectivity index (χ4n) is 3.76. The minimum Gasteiger partial charge on any atom is -0.385 e. The summed E-state index contributed by atoms with van der Waals surface area (Å²) in [7, 11) is 1.66. The van der Waals surface area contributed by atoms with Crippen LogP contribution in [0.1, 0.15) is 25.0 Å². The van der Waals surface area contributed by atoms with Crippen molar-refractivity contribution in [2.75, 3.05) is 38.3 Å². The van der Waals surface area contributed by atoms with Crippen LogP contribution in [0.3, 0.4) is 0 Å². The van der Waals surface area contributed by atoms with E-state index >= 15 is 0 Å². The van der Waals surface area contributed by atoms with Crippen LogP contribution in [0, 0.1) is 18.7 Å². The van der Waals surface area contributed by atoms with Crippen molar-refractivity contribution in [3.8, 4) is 5.69 Å². The molecule has 0 aliphatic carbocycles. The van der Waals surface area contributed by atoms with Gasteiger partial charge in [-0.2, -0.15) is 10.1 Å². The van der Waals surface area contributed by atoms with E-state index in [0.717, 1.165) is 52.7 Å². The van der Waals surface area contributed by atoms with Crippen molar-refractivity contribution in [1.82, 2.24) is 20.1 Å². The van der Waals surface area contributed by atoms with Crippen molar-refractivity contribution >= 4 is 32.7 Å². The summed E-state index contributed by atoms with van der Waals surface area (Å²) in [5.41, 5.74) is 2.44. The van der Waals surface area contributed by atoms with Crippen molar-refractivity contribution in [1.29, 1.82) is 0 Å². The molecule has 1 aliphatic rings. The van der Waals surface area contributed by atoms with Gasteiger partial charge in [-0.1, -0.05) is 11.3 Å². The first-order chi connectivity index (χ1) is 14.6. The molecule has 3 heterocycles. The highest BCUT2D eigenvalue weighted by Crippen LogP contribution is 2.34. The highest BCUT2D eigenvalue weighted by Gasteiger charge is 2.28. The van der Waals surface area contributed by atoms with E-state index in [1.54, 1.807) is 35.3 Å². The number of aromatic nitrogens is 3. The fraction of sp³-hybridized carbons (Fsp3) is 0.476. The van der Waals surface area contributed by atoms with E-state index < -0.39 is 0 Å². The Morgan fingerprint density at radius 1 is 1.37 bits per heavy atom. The van der Waals surface area contributed by atoms with Crippen molar-refractivity contribution in [2.24, 2.45) is 5.92 Å². The zero-order valence-corrected chi connectivity index (χ0v) is 18.0. The number of hydrogen-bond acceptors (Lipinski definition) is 6. The van der Waals surface area contributed by atoms with Crippen LogP contribution in [-0.2, 0) is 9.53 Å². The smallest absolute Gasteiger partial charge is 0.224 e. The second-order valence-electron chi connectivity index (χ2n) is 7.55. The van der Waals surface area contributed by atoms with Crippen LogP contribution in [0.5, 0.6) is 0 Å². The summed E-state index contributed by atoms with van der Waals surface area (Å²) >= 11 is 1.60. The Morgan fingerprint density at radius 2 is 2.17 bits per heavy atom. The number of rotatable bonds is 7. The minimum absolute atomic E-state index is 0.0389. The molecule has 0 saturated carbocycles. The zero-order chi connectivity index (χ0) is 21.1. The Kier molecular flexibility index (Phi) is 6.29. The van der Waals surface area contributed by atoms with Crippen molar-refractivity contribution in [2.45, 2.75) is 26.2 Å². The number of carbonyl (C=O) groups excluding carboxylic acids is 1. The predicted molar refractivity (Wildman–Crippen MR) is 116 cm³/mol. The second-order valence-corrected chi connectivity index (χ2v) is 8.52. The molecule has 0 spiro atoms. The lowest BCUT2D eigenvalue weighted by Gasteiger charge is -2.31. The topological polar surface area (TPSA) is 72.3 Å². The Labute approximate surface area is 178 Å². The maximum Gasteiger partial charge on any atom is 0.224 e. The van der Waals surface area contributed by atoms with Crippen molar-refractivity contribution < 1.29 is 13.9 Å². The molecule has 7 nitrogen and oxygen atoms in total. The SMILES string of the molecule is COCCCNC(=O)[C@@H]1CCCN(c2nc3c(s2)c(C)nn3-c2ccc(F)cc2)C1. The van der Waals surface area contributed by atoms with Gasteiger partial charge in [-0.3, -0.25) is 4.79 Å². The fourth-order valence-corrected chi connectivity index (χ4v) is 4.78. The van der Waals surface area contributed by atoms with Crippen LogP contribution >= 0.6 is 11.3 Å². The van der Waals surface area contributed by atoms with Gasteiger partial charge in [0, 0.05) is 33.4 Å². The number of thiazole rings is 1. The lowest BCUT2D eigenvalue weighted by Crippen LogP contribution is -2.43. The molecular formula is C21H26FN5O2S. The molecular weight excluding hydrogens is 405 g/mol. The van der Waals surface area contributed by atoms with Gasteiger partial charge in [0.1, 0.15) is 5.82 Å². The molecule has 1 aromatic carbocycles. The molecule has 1 N–H and O–H groups in total. The van der Waals surface area contributed by atoms with Gasteiger partial charge >= 0.3 is 0 Å². The minimum atomic E-state index is -0.280. The number of carbonyl (C=O) groups is 1. The molecule has 160 valence electrons. The third-order valence-corrected chi connectivity index (χ3v) is 6.55. The summed E-state index contributed by atoms with van der Waals surface area (Å²) in [6.07, 6.45) is 2.66. The zero-order valence-electron chi connectivity index (χ0n) is 17.2. The summed E-state index contributed by atoms with van der Waals surface area (Å²) in [6.45, 7) is 4.78. The quantitative estimate of drug-likeness (QED) is 0.581. The van der Waals surface area contributed by atoms with Gasteiger partial charge in [-0.15, -0.1) is 0 Å². The van der Waals surface area contributed by atoms with Crippen LogP contribution < -0.4 is 10.2 Å². The molecule has 3 aromatic rings. The molecule has 1 amide bonds. The van der Waals surface area contributed by atoms with Crippen molar-refractivity contribution in [3.63, 3.8) is 0 Å². The third kappa shape index (κ3) is 4.32. The van der Waals surface area contributed by atoms with E-state index in [9.17, 15) is 9.18 Å². The second kappa shape index (κ2) is 9.09. The van der Waals surface area contributed by atoms with Crippen LogP contribution in [-0.4, -0.2) is 54.0 Å². The van der Waals surface area contributed by atoms with Crippen molar-refractivity contribution in [3.05, 3.63) is 35.8 Å². The molecule has 1 fully saturated rings. The molecule has 1 atom stereocenters. The van der Waals surface area contributed by atoms with Gasteiger partial charge in [0.2, 0.25) is 5.91 Å². The van der Waals surface area contributed by atoms with Gasteiger partial charge in [-0.05, 0) is 50.5 Å². The molecule has 1 aliphatic heterocycles. The maximum atomic E-state index is 13.3. The number of hydrogen-bond donors (Lipinski definition) is 1. The maximum absolute atomic E-state index is 13.3. The van der Waals surface area contributed by atoms with Gasteiger partial charge in [0.15, 0.2) is 10.8 Å². The highest BCUT2D eigenvalue weighted by atomic mass is 32.1. The number of amides is 1. The van der Waals surface area contributed by atoms with E-state index in [0.29, 0.717) is 19.7 Å². The number of nitrogens with one attached hydrogen (secondary N) is 1. The van der Waals surface area contributed by atoms with Crippen LogP contribution in [0.2, 0.25) is 0 Å². The summed E-state index contributed by atoms with van der Waals surface area (Å²) in [5, 5.41) is 8.50. The third-order valence-electron chi connectivity index (χ3n) is 5.34. The molecule has 30 heavy (non-hydrogen) atoms. The lowest BCUT2D eigenvalue weighted by atomic mass is 9.97. The van der Waals surface area contributed by atoms with Crippen LogP contribution in [0.15, 0.2) is 24.3 Å². The van der Waals surface area contributed by atoms with Gasteiger partial charge < -0.3 is 15.0 Å². The normalized spacial score (nSPS) is 16.9. The lowest BCUT2D eigenvalue weighted by molar-refractivity contribution is -0.125. The number of methoxy groups -OCH3 is 1. The van der Waals surface area contributed by atoms with Crippen LogP contribution in [0.25, 0.3) is 16.0 Å². The first-order valence-corrected chi connectivity index (χ1v) is 11.0. The number of benzene rings is 1.